The lowest BCUT2D eigenvalue weighted by molar-refractivity contribution is -0.0571. The Labute approximate surface area is 156 Å². The van der Waals surface area contributed by atoms with E-state index in [-0.39, 0.29) is 11.5 Å². The van der Waals surface area contributed by atoms with E-state index in [1.54, 1.807) is 17.0 Å². The lowest BCUT2D eigenvalue weighted by Gasteiger charge is -2.36. The molecule has 4 rings (SSSR count). The van der Waals surface area contributed by atoms with Crippen molar-refractivity contribution < 1.29 is 14.0 Å². The van der Waals surface area contributed by atoms with Gasteiger partial charge in [-0.05, 0) is 36.3 Å². The summed E-state index contributed by atoms with van der Waals surface area (Å²) in [5.41, 5.74) is 1.23. The Bertz CT molecular complexity index is 901. The third kappa shape index (κ3) is 3.47. The van der Waals surface area contributed by atoms with Gasteiger partial charge in [-0.3, -0.25) is 4.79 Å². The van der Waals surface area contributed by atoms with Gasteiger partial charge in [-0.15, -0.1) is 0 Å². The normalized spacial score (nSPS) is 18.0. The van der Waals surface area contributed by atoms with E-state index in [1.165, 1.54) is 6.26 Å². The summed E-state index contributed by atoms with van der Waals surface area (Å²) in [6.45, 7) is 1.23. The van der Waals surface area contributed by atoms with Gasteiger partial charge in [-0.25, -0.2) is 0 Å². The number of hydrogen-bond donors (Lipinski definition) is 0. The number of halogens is 1. The van der Waals surface area contributed by atoms with E-state index in [0.29, 0.717) is 30.3 Å². The highest BCUT2D eigenvalue weighted by Crippen LogP contribution is 2.35. The molecule has 1 fully saturated rings. The minimum absolute atomic E-state index is 0.0789. The van der Waals surface area contributed by atoms with Crippen LogP contribution in [0.1, 0.15) is 35.4 Å². The molecule has 3 heterocycles. The number of piperidine rings is 1. The van der Waals surface area contributed by atoms with Gasteiger partial charge in [-0.2, -0.15) is 0 Å². The van der Waals surface area contributed by atoms with Gasteiger partial charge < -0.3 is 14.2 Å². The molecule has 6 heteroatoms. The quantitative estimate of drug-likeness (QED) is 0.720. The molecule has 5 nitrogen and oxygen atoms in total. The van der Waals surface area contributed by atoms with Crippen LogP contribution >= 0.6 is 11.6 Å². The molecular weight excluding hydrogens is 352 g/mol. The predicted molar refractivity (Wildman–Crippen MR) is 98.0 cm³/mol. The van der Waals surface area contributed by atoms with Crippen molar-refractivity contribution >= 4 is 23.2 Å². The van der Waals surface area contributed by atoms with Gasteiger partial charge in [0.15, 0.2) is 5.76 Å². The van der Waals surface area contributed by atoms with Crippen LogP contribution in [0.4, 0.5) is 0 Å². The van der Waals surface area contributed by atoms with Gasteiger partial charge in [0.25, 0.3) is 5.91 Å². The van der Waals surface area contributed by atoms with Crippen molar-refractivity contribution in [3.05, 3.63) is 59.0 Å². The second-order valence-electron chi connectivity index (χ2n) is 6.52. The van der Waals surface area contributed by atoms with E-state index in [2.05, 4.69) is 17.0 Å². The predicted octanol–water partition coefficient (Wildman–Crippen LogP) is 3.74. The van der Waals surface area contributed by atoms with Crippen LogP contribution in [-0.2, 0) is 4.84 Å². The first-order chi connectivity index (χ1) is 12.6. The number of oxime groups is 1. The summed E-state index contributed by atoms with van der Waals surface area (Å²) >= 11 is 5.97. The highest BCUT2D eigenvalue weighted by Gasteiger charge is 2.42. The Morgan fingerprint density at radius 3 is 2.77 bits per heavy atom. The second-order valence-corrected chi connectivity index (χ2v) is 6.96. The zero-order valence-corrected chi connectivity index (χ0v) is 14.8. The number of amides is 1. The lowest BCUT2D eigenvalue weighted by atomic mass is 9.87. The van der Waals surface area contributed by atoms with Gasteiger partial charge in [0.05, 0.1) is 6.26 Å². The summed E-state index contributed by atoms with van der Waals surface area (Å²) in [6, 6.07) is 10.8. The van der Waals surface area contributed by atoms with Crippen LogP contribution in [0, 0.1) is 11.8 Å². The van der Waals surface area contributed by atoms with Crippen molar-refractivity contribution in [2.45, 2.75) is 24.9 Å². The highest BCUT2D eigenvalue weighted by molar-refractivity contribution is 6.30. The molecule has 2 aliphatic rings. The minimum Gasteiger partial charge on any atom is -0.459 e. The Balaban J connectivity index is 1.36. The van der Waals surface area contributed by atoms with E-state index in [1.807, 2.05) is 24.3 Å². The van der Waals surface area contributed by atoms with Crippen LogP contribution in [0.25, 0.3) is 0 Å². The summed E-state index contributed by atoms with van der Waals surface area (Å²) in [5, 5.41) is 4.82. The third-order valence-electron chi connectivity index (χ3n) is 4.71. The summed E-state index contributed by atoms with van der Waals surface area (Å²) in [7, 11) is 0. The molecular formula is C20H17ClN2O3. The Morgan fingerprint density at radius 1 is 1.19 bits per heavy atom. The Kier molecular flexibility index (Phi) is 4.44. The summed E-state index contributed by atoms with van der Waals surface area (Å²) in [6.07, 6.45) is 3.64. The number of carbonyl (C=O) groups excluding carboxylic acids is 1. The van der Waals surface area contributed by atoms with Crippen LogP contribution < -0.4 is 0 Å². The largest absolute Gasteiger partial charge is 0.459 e. The molecule has 0 aliphatic carbocycles. The van der Waals surface area contributed by atoms with Crippen molar-refractivity contribution in [1.82, 2.24) is 4.90 Å². The van der Waals surface area contributed by atoms with Crippen molar-refractivity contribution in [3.8, 4) is 11.8 Å². The molecule has 0 radical (unpaired) electrons. The van der Waals surface area contributed by atoms with Crippen molar-refractivity contribution in [3.63, 3.8) is 0 Å². The Hall–Kier alpha value is -2.71. The average molecular weight is 369 g/mol. The summed E-state index contributed by atoms with van der Waals surface area (Å²) in [5.74, 6) is 6.44. The number of benzene rings is 1. The van der Waals surface area contributed by atoms with Crippen LogP contribution in [0.5, 0.6) is 0 Å². The third-order valence-corrected chi connectivity index (χ3v) is 4.94. The minimum atomic E-state index is -0.349. The number of rotatable bonds is 1. The molecule has 2 aromatic rings. The monoisotopic (exact) mass is 368 g/mol. The molecule has 0 bridgehead atoms. The fraction of sp³-hybridized carbons (Fsp3) is 0.300. The molecule has 0 unspecified atom stereocenters. The summed E-state index contributed by atoms with van der Waals surface area (Å²) in [4.78, 5) is 19.9. The van der Waals surface area contributed by atoms with Gasteiger partial charge in [0.1, 0.15) is 11.3 Å². The molecule has 1 amide bonds. The molecule has 1 spiro atoms. The van der Waals surface area contributed by atoms with Crippen molar-refractivity contribution in [2.24, 2.45) is 5.16 Å². The standard InChI is InChI=1S/C20H17ClN2O3/c21-16-4-1-3-15(13-16)6-7-17-14-20(26-22-17)8-10-23(11-9-20)19(24)18-5-2-12-25-18/h1-5,12-13H,8-11,14H2. The maximum atomic E-state index is 12.3. The number of nitrogens with zero attached hydrogens (tertiary/aromatic N) is 2. The first-order valence-electron chi connectivity index (χ1n) is 8.49. The number of likely N-dealkylation sites (tertiary alicyclic amines) is 1. The number of hydrogen-bond acceptors (Lipinski definition) is 4. The molecule has 2 aliphatic heterocycles. The zero-order chi connectivity index (χ0) is 18.0. The maximum Gasteiger partial charge on any atom is 0.289 e. The SMILES string of the molecule is O=C(c1ccco1)N1CCC2(CC1)CC(C#Cc1cccc(Cl)c1)=NO2. The zero-order valence-electron chi connectivity index (χ0n) is 14.1. The summed E-state index contributed by atoms with van der Waals surface area (Å²) < 4.78 is 5.19. The van der Waals surface area contributed by atoms with E-state index in [9.17, 15) is 4.79 Å². The molecule has 1 aromatic heterocycles. The number of carbonyl (C=O) groups is 1. The number of furan rings is 1. The van der Waals surface area contributed by atoms with E-state index < -0.39 is 0 Å². The molecule has 1 aromatic carbocycles. The van der Waals surface area contributed by atoms with E-state index in [4.69, 9.17) is 20.9 Å². The van der Waals surface area contributed by atoms with Gasteiger partial charge >= 0.3 is 0 Å². The maximum absolute atomic E-state index is 12.3. The van der Waals surface area contributed by atoms with E-state index in [0.717, 1.165) is 24.1 Å². The molecule has 0 saturated carbocycles. The van der Waals surface area contributed by atoms with Gasteiger partial charge in [-0.1, -0.05) is 28.7 Å². The first kappa shape index (κ1) is 16.7. The second kappa shape index (κ2) is 6.89. The lowest BCUT2D eigenvalue weighted by Crippen LogP contribution is -2.46. The molecule has 26 heavy (non-hydrogen) atoms. The van der Waals surface area contributed by atoms with Gasteiger partial charge in [0, 0.05) is 42.9 Å². The molecule has 0 N–H and O–H groups in total. The van der Waals surface area contributed by atoms with Crippen LogP contribution in [0.3, 0.4) is 0 Å². The molecule has 1 saturated heterocycles. The van der Waals surface area contributed by atoms with Crippen molar-refractivity contribution in [2.75, 3.05) is 13.1 Å². The average Bonchev–Trinajstić information content (AvgIpc) is 3.31. The fourth-order valence-electron chi connectivity index (χ4n) is 3.24. The van der Waals surface area contributed by atoms with Crippen LogP contribution in [0.2, 0.25) is 5.02 Å². The molecule has 0 atom stereocenters. The fourth-order valence-corrected chi connectivity index (χ4v) is 3.43. The van der Waals surface area contributed by atoms with Crippen LogP contribution in [-0.4, -0.2) is 35.2 Å². The molecule has 132 valence electrons. The Morgan fingerprint density at radius 2 is 2.04 bits per heavy atom. The van der Waals surface area contributed by atoms with Gasteiger partial charge in [0.2, 0.25) is 0 Å². The van der Waals surface area contributed by atoms with Crippen molar-refractivity contribution in [1.29, 1.82) is 0 Å². The first-order valence-corrected chi connectivity index (χ1v) is 8.87. The smallest absolute Gasteiger partial charge is 0.289 e. The van der Waals surface area contributed by atoms with Crippen LogP contribution in [0.15, 0.2) is 52.2 Å². The highest BCUT2D eigenvalue weighted by atomic mass is 35.5. The van der Waals surface area contributed by atoms with E-state index >= 15 is 0 Å². The topological polar surface area (TPSA) is 55.0 Å².